The zero-order chi connectivity index (χ0) is 12.3. The van der Waals surface area contributed by atoms with E-state index in [9.17, 15) is 9.59 Å². The third-order valence-electron chi connectivity index (χ3n) is 1.83. The smallest absolute Gasteiger partial charge is 0.217 e. The molecule has 0 aromatic rings. The van der Waals surface area contributed by atoms with E-state index in [1.54, 1.807) is 0 Å². The van der Waals surface area contributed by atoms with E-state index in [-0.39, 0.29) is 11.8 Å². The van der Waals surface area contributed by atoms with E-state index < -0.39 is 0 Å². The standard InChI is InChI=1S/C7H15NO.C4H9NO/c1-3-4-6(2)5-7(8)9;1-2-3-4(5)6/h6H,3-5H2,1-2H3,(H2,8,9);2-3H2,1H3,(H2,5,6)/t6-;/m1./s1. The first-order valence-electron chi connectivity index (χ1n) is 5.50. The fourth-order valence-corrected chi connectivity index (χ4v) is 1.18. The summed E-state index contributed by atoms with van der Waals surface area (Å²) < 4.78 is 0. The highest BCUT2D eigenvalue weighted by molar-refractivity contribution is 5.74. The maximum atomic E-state index is 10.3. The summed E-state index contributed by atoms with van der Waals surface area (Å²) in [5, 5.41) is 0. The van der Waals surface area contributed by atoms with Gasteiger partial charge in [0, 0.05) is 12.8 Å². The summed E-state index contributed by atoms with van der Waals surface area (Å²) in [5.74, 6) is 0.0703. The quantitative estimate of drug-likeness (QED) is 0.706. The molecule has 4 heteroatoms. The number of amides is 2. The van der Waals surface area contributed by atoms with Crippen LogP contribution in [0.1, 0.15) is 52.9 Å². The second-order valence-electron chi connectivity index (χ2n) is 3.78. The molecule has 4 nitrogen and oxygen atoms in total. The predicted octanol–water partition coefficient (Wildman–Crippen LogP) is 1.57. The molecule has 0 saturated heterocycles. The third-order valence-corrected chi connectivity index (χ3v) is 1.83. The van der Waals surface area contributed by atoms with Gasteiger partial charge in [0.25, 0.3) is 0 Å². The van der Waals surface area contributed by atoms with Crippen molar-refractivity contribution in [1.29, 1.82) is 0 Å². The molecule has 15 heavy (non-hydrogen) atoms. The molecule has 0 heterocycles. The summed E-state index contributed by atoms with van der Waals surface area (Å²) >= 11 is 0. The summed E-state index contributed by atoms with van der Waals surface area (Å²) in [6.45, 7) is 6.08. The molecule has 90 valence electrons. The minimum Gasteiger partial charge on any atom is -0.370 e. The lowest BCUT2D eigenvalue weighted by atomic mass is 10.0. The van der Waals surface area contributed by atoms with Gasteiger partial charge in [0.05, 0.1) is 0 Å². The lowest BCUT2D eigenvalue weighted by Gasteiger charge is -2.04. The van der Waals surface area contributed by atoms with E-state index in [1.807, 2.05) is 13.8 Å². The highest BCUT2D eigenvalue weighted by atomic mass is 16.1. The zero-order valence-electron chi connectivity index (χ0n) is 10.1. The van der Waals surface area contributed by atoms with Crippen molar-refractivity contribution in [2.75, 3.05) is 0 Å². The Morgan fingerprint density at radius 1 is 1.07 bits per heavy atom. The fraction of sp³-hybridized carbons (Fsp3) is 0.818. The SMILES string of the molecule is CCCC(N)=O.CCC[C@@H](C)CC(N)=O. The van der Waals surface area contributed by atoms with Gasteiger partial charge in [-0.2, -0.15) is 0 Å². The third kappa shape index (κ3) is 19.4. The Kier molecular flexibility index (Phi) is 12.0. The van der Waals surface area contributed by atoms with Crippen LogP contribution in [0.5, 0.6) is 0 Å². The Labute approximate surface area is 92.4 Å². The van der Waals surface area contributed by atoms with Gasteiger partial charge in [-0.3, -0.25) is 9.59 Å². The van der Waals surface area contributed by atoms with Crippen molar-refractivity contribution in [2.24, 2.45) is 17.4 Å². The molecule has 0 bridgehead atoms. The molecule has 0 aromatic heterocycles. The average molecular weight is 216 g/mol. The minimum absolute atomic E-state index is 0.184. The van der Waals surface area contributed by atoms with Crippen LogP contribution in [0.4, 0.5) is 0 Å². The summed E-state index contributed by atoms with van der Waals surface area (Å²) in [7, 11) is 0. The van der Waals surface area contributed by atoms with Gasteiger partial charge < -0.3 is 11.5 Å². The van der Waals surface area contributed by atoms with Crippen molar-refractivity contribution in [1.82, 2.24) is 0 Å². The van der Waals surface area contributed by atoms with Crippen LogP contribution in [0.3, 0.4) is 0 Å². The van der Waals surface area contributed by atoms with Crippen LogP contribution in [-0.4, -0.2) is 11.8 Å². The van der Waals surface area contributed by atoms with Crippen LogP contribution in [-0.2, 0) is 9.59 Å². The van der Waals surface area contributed by atoms with Crippen LogP contribution < -0.4 is 11.5 Å². The molecule has 0 aromatic carbocycles. The average Bonchev–Trinajstić information content (AvgIpc) is 2.03. The van der Waals surface area contributed by atoms with Gasteiger partial charge in [0.2, 0.25) is 11.8 Å². The molecule has 0 unspecified atom stereocenters. The van der Waals surface area contributed by atoms with Crippen molar-refractivity contribution < 1.29 is 9.59 Å². The van der Waals surface area contributed by atoms with Crippen LogP contribution >= 0.6 is 0 Å². The Morgan fingerprint density at radius 3 is 1.80 bits per heavy atom. The Morgan fingerprint density at radius 2 is 1.60 bits per heavy atom. The van der Waals surface area contributed by atoms with Crippen LogP contribution in [0.2, 0.25) is 0 Å². The van der Waals surface area contributed by atoms with Crippen LogP contribution in [0.15, 0.2) is 0 Å². The molecular weight excluding hydrogens is 192 g/mol. The lowest BCUT2D eigenvalue weighted by molar-refractivity contribution is -0.119. The molecule has 4 N–H and O–H groups in total. The molecule has 0 rings (SSSR count). The highest BCUT2D eigenvalue weighted by Gasteiger charge is 2.02. The number of carbonyl (C=O) groups is 2. The number of rotatable bonds is 6. The second kappa shape index (κ2) is 11.0. The fourth-order valence-electron chi connectivity index (χ4n) is 1.18. The van der Waals surface area contributed by atoms with Gasteiger partial charge in [-0.05, 0) is 12.3 Å². The maximum Gasteiger partial charge on any atom is 0.217 e. The monoisotopic (exact) mass is 216 g/mol. The van der Waals surface area contributed by atoms with Gasteiger partial charge in [0.15, 0.2) is 0 Å². The minimum atomic E-state index is -0.211. The second-order valence-corrected chi connectivity index (χ2v) is 3.78. The van der Waals surface area contributed by atoms with E-state index in [1.165, 1.54) is 0 Å². The number of carbonyl (C=O) groups excluding carboxylic acids is 2. The van der Waals surface area contributed by atoms with Crippen LogP contribution in [0.25, 0.3) is 0 Å². The molecule has 0 radical (unpaired) electrons. The van der Waals surface area contributed by atoms with Crippen LogP contribution in [0, 0.1) is 5.92 Å². The molecule has 1 atom stereocenters. The topological polar surface area (TPSA) is 86.2 Å². The summed E-state index contributed by atoms with van der Waals surface area (Å²) in [6.07, 6.45) is 4.14. The summed E-state index contributed by atoms with van der Waals surface area (Å²) in [6, 6.07) is 0. The maximum absolute atomic E-state index is 10.3. The number of hydrogen-bond acceptors (Lipinski definition) is 2. The van der Waals surface area contributed by atoms with Gasteiger partial charge in [-0.1, -0.05) is 33.6 Å². The van der Waals surface area contributed by atoms with Gasteiger partial charge in [-0.25, -0.2) is 0 Å². The largest absolute Gasteiger partial charge is 0.370 e. The predicted molar refractivity (Wildman–Crippen MR) is 62.0 cm³/mol. The van der Waals surface area contributed by atoms with Gasteiger partial charge >= 0.3 is 0 Å². The van der Waals surface area contributed by atoms with E-state index in [0.717, 1.165) is 19.3 Å². The molecule has 0 saturated carbocycles. The van der Waals surface area contributed by atoms with E-state index in [0.29, 0.717) is 18.8 Å². The Balaban J connectivity index is 0. The molecule has 0 aliphatic carbocycles. The molecular formula is C11H24N2O2. The van der Waals surface area contributed by atoms with Crippen molar-refractivity contribution in [3.05, 3.63) is 0 Å². The summed E-state index contributed by atoms with van der Waals surface area (Å²) in [5.41, 5.74) is 9.75. The first-order valence-corrected chi connectivity index (χ1v) is 5.50. The first-order chi connectivity index (χ1) is 6.93. The van der Waals surface area contributed by atoms with E-state index >= 15 is 0 Å². The summed E-state index contributed by atoms with van der Waals surface area (Å²) in [4.78, 5) is 20.1. The van der Waals surface area contributed by atoms with E-state index in [2.05, 4.69) is 6.92 Å². The molecule has 2 amide bonds. The number of primary amides is 2. The van der Waals surface area contributed by atoms with Crippen molar-refractivity contribution in [3.8, 4) is 0 Å². The molecule has 0 spiro atoms. The Bertz CT molecular complexity index is 181. The highest BCUT2D eigenvalue weighted by Crippen LogP contribution is 2.07. The van der Waals surface area contributed by atoms with Crippen molar-refractivity contribution in [3.63, 3.8) is 0 Å². The molecule has 0 fully saturated rings. The normalized spacial score (nSPS) is 11.1. The Hall–Kier alpha value is -1.06. The van der Waals surface area contributed by atoms with E-state index in [4.69, 9.17) is 11.5 Å². The number of nitrogens with two attached hydrogens (primary N) is 2. The molecule has 0 aliphatic heterocycles. The van der Waals surface area contributed by atoms with Crippen molar-refractivity contribution >= 4 is 11.8 Å². The molecule has 0 aliphatic rings. The zero-order valence-corrected chi connectivity index (χ0v) is 10.1. The van der Waals surface area contributed by atoms with Gasteiger partial charge in [-0.15, -0.1) is 0 Å². The lowest BCUT2D eigenvalue weighted by Crippen LogP contribution is -2.14. The van der Waals surface area contributed by atoms with Crippen molar-refractivity contribution in [2.45, 2.75) is 52.9 Å². The van der Waals surface area contributed by atoms with Gasteiger partial charge in [0.1, 0.15) is 0 Å². The first kappa shape index (κ1) is 16.4. The number of hydrogen-bond donors (Lipinski definition) is 2.